The highest BCUT2D eigenvalue weighted by molar-refractivity contribution is 5.92. The number of pyridine rings is 1. The van der Waals surface area contributed by atoms with Crippen LogP contribution in [0, 0.1) is 5.82 Å². The molecule has 1 aliphatic rings. The molecule has 1 saturated heterocycles. The molecular weight excluding hydrogens is 291 g/mol. The number of likely N-dealkylation sites (tertiary alicyclic amines) is 1. The van der Waals surface area contributed by atoms with Crippen molar-refractivity contribution in [2.75, 3.05) is 13.1 Å². The third-order valence-electron chi connectivity index (χ3n) is 4.02. The first kappa shape index (κ1) is 15.4. The van der Waals surface area contributed by atoms with E-state index in [1.54, 1.807) is 36.7 Å². The molecule has 1 aromatic carbocycles. The van der Waals surface area contributed by atoms with Gasteiger partial charge >= 0.3 is 0 Å². The van der Waals surface area contributed by atoms with Crippen molar-refractivity contribution < 1.29 is 9.18 Å². The minimum Gasteiger partial charge on any atom is -0.339 e. The van der Waals surface area contributed by atoms with Crippen molar-refractivity contribution in [1.82, 2.24) is 9.88 Å². The smallest absolute Gasteiger partial charge is 0.246 e. The van der Waals surface area contributed by atoms with Crippen molar-refractivity contribution >= 4 is 12.0 Å². The van der Waals surface area contributed by atoms with E-state index >= 15 is 0 Å². The van der Waals surface area contributed by atoms with Gasteiger partial charge in [0.05, 0.1) is 0 Å². The van der Waals surface area contributed by atoms with Gasteiger partial charge in [0.1, 0.15) is 5.82 Å². The standard InChI is InChI=1S/C19H19FN2O/c20-18-7-5-16(6-8-18)17-12-15(13-21-14-17)4-9-19(23)22-10-2-1-3-11-22/h4-9,12-14H,1-3,10-11H2. The van der Waals surface area contributed by atoms with Crippen LogP contribution in [0.3, 0.4) is 0 Å². The molecule has 0 bridgehead atoms. The van der Waals surface area contributed by atoms with Crippen molar-refractivity contribution in [2.24, 2.45) is 0 Å². The third-order valence-corrected chi connectivity index (χ3v) is 4.02. The summed E-state index contributed by atoms with van der Waals surface area (Å²) in [6.07, 6.45) is 10.2. The second-order valence-electron chi connectivity index (χ2n) is 5.73. The fourth-order valence-corrected chi connectivity index (χ4v) is 2.74. The lowest BCUT2D eigenvalue weighted by molar-refractivity contribution is -0.126. The second kappa shape index (κ2) is 7.18. The lowest BCUT2D eigenvalue weighted by atomic mass is 10.1. The van der Waals surface area contributed by atoms with Crippen LogP contribution in [0.15, 0.2) is 48.8 Å². The lowest BCUT2D eigenvalue weighted by Crippen LogP contribution is -2.34. The van der Waals surface area contributed by atoms with Crippen LogP contribution in [0.4, 0.5) is 4.39 Å². The van der Waals surface area contributed by atoms with Gasteiger partial charge in [0, 0.05) is 37.1 Å². The van der Waals surface area contributed by atoms with Gasteiger partial charge in [-0.05, 0) is 54.7 Å². The van der Waals surface area contributed by atoms with Crippen molar-refractivity contribution in [1.29, 1.82) is 0 Å². The predicted octanol–water partition coefficient (Wildman–Crippen LogP) is 3.91. The number of hydrogen-bond donors (Lipinski definition) is 0. The molecule has 1 aliphatic heterocycles. The minimum absolute atomic E-state index is 0.0527. The van der Waals surface area contributed by atoms with Gasteiger partial charge in [-0.15, -0.1) is 0 Å². The van der Waals surface area contributed by atoms with E-state index < -0.39 is 0 Å². The SMILES string of the molecule is O=C(C=Cc1cncc(-c2ccc(F)cc2)c1)N1CCCCC1. The summed E-state index contributed by atoms with van der Waals surface area (Å²) in [5.41, 5.74) is 2.66. The molecule has 1 aromatic heterocycles. The van der Waals surface area contributed by atoms with E-state index in [-0.39, 0.29) is 11.7 Å². The average Bonchev–Trinajstić information content (AvgIpc) is 2.61. The molecule has 2 aromatic rings. The molecule has 3 rings (SSSR count). The number of amides is 1. The van der Waals surface area contributed by atoms with Gasteiger partial charge in [-0.25, -0.2) is 4.39 Å². The summed E-state index contributed by atoms with van der Waals surface area (Å²) in [5, 5.41) is 0. The van der Waals surface area contributed by atoms with Crippen LogP contribution in [0.5, 0.6) is 0 Å². The number of benzene rings is 1. The molecule has 3 nitrogen and oxygen atoms in total. The first-order valence-corrected chi connectivity index (χ1v) is 7.90. The molecule has 1 amide bonds. The lowest BCUT2D eigenvalue weighted by Gasteiger charge is -2.25. The zero-order chi connectivity index (χ0) is 16.1. The molecule has 0 atom stereocenters. The number of nitrogens with zero attached hydrogens (tertiary/aromatic N) is 2. The molecule has 0 N–H and O–H groups in total. The van der Waals surface area contributed by atoms with Gasteiger partial charge in [-0.2, -0.15) is 0 Å². The monoisotopic (exact) mass is 310 g/mol. The summed E-state index contributed by atoms with van der Waals surface area (Å²) >= 11 is 0. The van der Waals surface area contributed by atoms with Crippen LogP contribution in [0.1, 0.15) is 24.8 Å². The maximum Gasteiger partial charge on any atom is 0.246 e. The van der Waals surface area contributed by atoms with E-state index in [0.29, 0.717) is 0 Å². The summed E-state index contributed by atoms with van der Waals surface area (Å²) < 4.78 is 13.0. The molecular formula is C19H19FN2O. The number of aromatic nitrogens is 1. The van der Waals surface area contributed by atoms with Crippen LogP contribution in [-0.4, -0.2) is 28.9 Å². The fraction of sp³-hybridized carbons (Fsp3) is 0.263. The Hall–Kier alpha value is -2.49. The number of carbonyl (C=O) groups excluding carboxylic acids is 1. The maximum atomic E-state index is 13.0. The highest BCUT2D eigenvalue weighted by atomic mass is 19.1. The van der Waals surface area contributed by atoms with Crippen molar-refractivity contribution in [3.05, 3.63) is 60.2 Å². The highest BCUT2D eigenvalue weighted by Gasteiger charge is 2.13. The van der Waals surface area contributed by atoms with Crippen LogP contribution < -0.4 is 0 Å². The Morgan fingerprint density at radius 1 is 1.04 bits per heavy atom. The molecule has 4 heteroatoms. The van der Waals surface area contributed by atoms with Crippen LogP contribution >= 0.6 is 0 Å². The number of hydrogen-bond acceptors (Lipinski definition) is 2. The van der Waals surface area contributed by atoms with E-state index in [1.165, 1.54) is 18.6 Å². The van der Waals surface area contributed by atoms with Gasteiger partial charge in [0.2, 0.25) is 5.91 Å². The topological polar surface area (TPSA) is 33.2 Å². The fourth-order valence-electron chi connectivity index (χ4n) is 2.74. The van der Waals surface area contributed by atoms with E-state index in [4.69, 9.17) is 0 Å². The average molecular weight is 310 g/mol. The van der Waals surface area contributed by atoms with Crippen LogP contribution in [0.25, 0.3) is 17.2 Å². The molecule has 0 spiro atoms. The number of rotatable bonds is 3. The van der Waals surface area contributed by atoms with Crippen molar-refractivity contribution in [3.63, 3.8) is 0 Å². The first-order valence-electron chi connectivity index (χ1n) is 7.90. The quantitative estimate of drug-likeness (QED) is 0.805. The third kappa shape index (κ3) is 4.03. The summed E-state index contributed by atoms with van der Waals surface area (Å²) in [5.74, 6) is -0.207. The van der Waals surface area contributed by atoms with E-state index in [1.807, 2.05) is 11.0 Å². The first-order chi connectivity index (χ1) is 11.2. The minimum atomic E-state index is -0.259. The van der Waals surface area contributed by atoms with Gasteiger partial charge in [-0.3, -0.25) is 9.78 Å². The molecule has 118 valence electrons. The van der Waals surface area contributed by atoms with Gasteiger partial charge in [0.25, 0.3) is 0 Å². The maximum absolute atomic E-state index is 13.0. The highest BCUT2D eigenvalue weighted by Crippen LogP contribution is 2.20. The summed E-state index contributed by atoms with van der Waals surface area (Å²) in [6, 6.07) is 8.24. The zero-order valence-corrected chi connectivity index (χ0v) is 12.9. The Morgan fingerprint density at radius 3 is 2.52 bits per heavy atom. The molecule has 0 aliphatic carbocycles. The van der Waals surface area contributed by atoms with Gasteiger partial charge < -0.3 is 4.90 Å². The number of halogens is 1. The zero-order valence-electron chi connectivity index (χ0n) is 12.9. The Labute approximate surface area is 135 Å². The second-order valence-corrected chi connectivity index (χ2v) is 5.73. The Kier molecular flexibility index (Phi) is 4.81. The largest absolute Gasteiger partial charge is 0.339 e. The molecule has 0 saturated carbocycles. The molecule has 23 heavy (non-hydrogen) atoms. The van der Waals surface area contributed by atoms with E-state index in [0.717, 1.165) is 42.6 Å². The summed E-state index contributed by atoms with van der Waals surface area (Å²) in [7, 11) is 0. The number of carbonyl (C=O) groups is 1. The normalized spacial score (nSPS) is 15.1. The van der Waals surface area contributed by atoms with Crippen molar-refractivity contribution in [2.45, 2.75) is 19.3 Å². The van der Waals surface area contributed by atoms with Crippen molar-refractivity contribution in [3.8, 4) is 11.1 Å². The van der Waals surface area contributed by atoms with Gasteiger partial charge in [0.15, 0.2) is 0 Å². The number of piperidine rings is 1. The van der Waals surface area contributed by atoms with Crippen LogP contribution in [-0.2, 0) is 4.79 Å². The van der Waals surface area contributed by atoms with E-state index in [9.17, 15) is 9.18 Å². The Morgan fingerprint density at radius 2 is 1.78 bits per heavy atom. The molecule has 0 unspecified atom stereocenters. The molecule has 2 heterocycles. The summed E-state index contributed by atoms with van der Waals surface area (Å²) in [4.78, 5) is 18.2. The Bertz CT molecular complexity index is 704. The molecule has 1 fully saturated rings. The van der Waals surface area contributed by atoms with Gasteiger partial charge in [-0.1, -0.05) is 12.1 Å². The Balaban J connectivity index is 1.73. The van der Waals surface area contributed by atoms with E-state index in [2.05, 4.69) is 4.98 Å². The molecule has 0 radical (unpaired) electrons. The van der Waals surface area contributed by atoms with Crippen LogP contribution in [0.2, 0.25) is 0 Å². The predicted molar refractivity (Wildman–Crippen MR) is 89.1 cm³/mol. The summed E-state index contributed by atoms with van der Waals surface area (Å²) in [6.45, 7) is 1.69.